The van der Waals surface area contributed by atoms with E-state index in [1.807, 2.05) is 6.07 Å². The van der Waals surface area contributed by atoms with E-state index < -0.39 is 0 Å². The van der Waals surface area contributed by atoms with Crippen molar-refractivity contribution in [2.45, 2.75) is 26.4 Å². The van der Waals surface area contributed by atoms with Crippen LogP contribution in [-0.2, 0) is 6.61 Å². The molecule has 0 amide bonds. The van der Waals surface area contributed by atoms with Gasteiger partial charge in [-0.2, -0.15) is 5.26 Å². The van der Waals surface area contributed by atoms with Gasteiger partial charge in [-0.25, -0.2) is 19.9 Å². The van der Waals surface area contributed by atoms with Gasteiger partial charge in [-0.05, 0) is 25.8 Å². The van der Waals surface area contributed by atoms with Crippen LogP contribution in [0.1, 0.15) is 24.4 Å². The van der Waals surface area contributed by atoms with E-state index in [0.717, 1.165) is 41.3 Å². The van der Waals surface area contributed by atoms with E-state index in [2.05, 4.69) is 31.2 Å². The molecule has 27 heavy (non-hydrogen) atoms. The molecule has 0 bridgehead atoms. The normalized spacial score (nSPS) is 17.1. The number of fused-ring (bicyclic) bond motifs is 1. The summed E-state index contributed by atoms with van der Waals surface area (Å²) < 4.78 is 0.938. The van der Waals surface area contributed by atoms with Gasteiger partial charge < -0.3 is 15.3 Å². The van der Waals surface area contributed by atoms with Crippen LogP contribution in [0.15, 0.2) is 18.3 Å². The molecular formula is C18H19N7OS. The Morgan fingerprint density at radius 3 is 3.11 bits per heavy atom. The fourth-order valence-corrected chi connectivity index (χ4v) is 4.26. The number of nitriles is 1. The second-order valence-corrected chi connectivity index (χ2v) is 7.47. The molecule has 9 heteroatoms. The van der Waals surface area contributed by atoms with E-state index in [0.29, 0.717) is 23.2 Å². The predicted octanol–water partition coefficient (Wildman–Crippen LogP) is 2.77. The van der Waals surface area contributed by atoms with Crippen LogP contribution in [0.4, 0.5) is 16.8 Å². The third-order valence-corrected chi connectivity index (χ3v) is 5.61. The van der Waals surface area contributed by atoms with Crippen LogP contribution < -0.4 is 10.2 Å². The minimum Gasteiger partial charge on any atom is -0.390 e. The van der Waals surface area contributed by atoms with Crippen molar-refractivity contribution >= 4 is 38.3 Å². The molecule has 8 nitrogen and oxygen atoms in total. The summed E-state index contributed by atoms with van der Waals surface area (Å²) in [5, 5.41) is 22.7. The summed E-state index contributed by atoms with van der Waals surface area (Å²) in [6.45, 7) is 3.27. The standard InChI is InChI=1S/C18H19N7OS/c1-11-21-13(10-26)7-15(22-11)24-17-16-14(4-5-20-17)23-18(27-16)25-6-2-3-12(8-19)9-25/h4-5,7,12,26H,2-3,6,9-10H2,1H3,(H,20,21,22,24). The summed E-state index contributed by atoms with van der Waals surface area (Å²) in [4.78, 5) is 19.9. The molecule has 138 valence electrons. The number of nitrogens with zero attached hydrogens (tertiary/aromatic N) is 6. The number of pyridine rings is 1. The number of rotatable bonds is 4. The zero-order valence-corrected chi connectivity index (χ0v) is 15.7. The number of aryl methyl sites for hydroxylation is 1. The van der Waals surface area contributed by atoms with Gasteiger partial charge in [0, 0.05) is 25.4 Å². The minimum atomic E-state index is -0.143. The monoisotopic (exact) mass is 381 g/mol. The molecule has 4 rings (SSSR count). The number of aliphatic hydroxyl groups is 1. The van der Waals surface area contributed by atoms with Gasteiger partial charge in [-0.3, -0.25) is 0 Å². The molecule has 0 aliphatic carbocycles. The third kappa shape index (κ3) is 3.67. The Hall–Kier alpha value is -2.83. The van der Waals surface area contributed by atoms with Gasteiger partial charge in [0.15, 0.2) is 10.9 Å². The summed E-state index contributed by atoms with van der Waals surface area (Å²) in [5.41, 5.74) is 1.41. The number of aromatic nitrogens is 4. The first kappa shape index (κ1) is 17.6. The molecular weight excluding hydrogens is 362 g/mol. The van der Waals surface area contributed by atoms with Crippen LogP contribution in [0.25, 0.3) is 10.2 Å². The van der Waals surface area contributed by atoms with Crippen LogP contribution in [0.3, 0.4) is 0 Å². The lowest BCUT2D eigenvalue weighted by molar-refractivity contribution is 0.276. The predicted molar refractivity (Wildman–Crippen MR) is 104 cm³/mol. The summed E-state index contributed by atoms with van der Waals surface area (Å²) >= 11 is 1.56. The lowest BCUT2D eigenvalue weighted by Gasteiger charge is -2.28. The van der Waals surface area contributed by atoms with E-state index >= 15 is 0 Å². The molecule has 2 N–H and O–H groups in total. The summed E-state index contributed by atoms with van der Waals surface area (Å²) in [7, 11) is 0. The second kappa shape index (κ2) is 7.42. The van der Waals surface area contributed by atoms with E-state index in [-0.39, 0.29) is 12.5 Å². The van der Waals surface area contributed by atoms with Crippen molar-refractivity contribution in [3.8, 4) is 6.07 Å². The quantitative estimate of drug-likeness (QED) is 0.710. The lowest BCUT2D eigenvalue weighted by atomic mass is 10.0. The topological polar surface area (TPSA) is 111 Å². The molecule has 0 saturated carbocycles. The average Bonchev–Trinajstić information content (AvgIpc) is 3.13. The van der Waals surface area contributed by atoms with Crippen LogP contribution in [0, 0.1) is 24.2 Å². The van der Waals surface area contributed by atoms with Gasteiger partial charge in [0.2, 0.25) is 0 Å². The van der Waals surface area contributed by atoms with Crippen molar-refractivity contribution in [3.63, 3.8) is 0 Å². The Balaban J connectivity index is 1.66. The summed E-state index contributed by atoms with van der Waals surface area (Å²) in [6, 6.07) is 5.96. The number of hydrogen-bond donors (Lipinski definition) is 2. The van der Waals surface area contributed by atoms with Crippen molar-refractivity contribution in [3.05, 3.63) is 29.8 Å². The Morgan fingerprint density at radius 2 is 2.30 bits per heavy atom. The highest BCUT2D eigenvalue weighted by molar-refractivity contribution is 7.22. The largest absolute Gasteiger partial charge is 0.390 e. The van der Waals surface area contributed by atoms with Crippen LogP contribution in [0.2, 0.25) is 0 Å². The van der Waals surface area contributed by atoms with Crippen molar-refractivity contribution < 1.29 is 5.11 Å². The molecule has 1 unspecified atom stereocenters. The maximum atomic E-state index is 9.34. The molecule has 1 atom stereocenters. The molecule has 0 radical (unpaired) electrons. The van der Waals surface area contributed by atoms with Gasteiger partial charge in [0.1, 0.15) is 11.6 Å². The van der Waals surface area contributed by atoms with Crippen LogP contribution in [-0.4, -0.2) is 38.1 Å². The van der Waals surface area contributed by atoms with E-state index in [1.54, 1.807) is 30.5 Å². The van der Waals surface area contributed by atoms with Crippen molar-refractivity contribution in [2.24, 2.45) is 5.92 Å². The average molecular weight is 381 g/mol. The molecule has 1 aliphatic rings. The van der Waals surface area contributed by atoms with E-state index in [9.17, 15) is 10.4 Å². The lowest BCUT2D eigenvalue weighted by Crippen LogP contribution is -2.34. The van der Waals surface area contributed by atoms with E-state index in [4.69, 9.17) is 4.98 Å². The van der Waals surface area contributed by atoms with Gasteiger partial charge in [-0.1, -0.05) is 11.3 Å². The zero-order chi connectivity index (χ0) is 18.8. The number of aliphatic hydroxyl groups excluding tert-OH is 1. The van der Waals surface area contributed by atoms with Crippen molar-refractivity contribution in [2.75, 3.05) is 23.3 Å². The van der Waals surface area contributed by atoms with Gasteiger partial charge in [0.25, 0.3) is 0 Å². The Kier molecular flexibility index (Phi) is 4.83. The summed E-state index contributed by atoms with van der Waals surface area (Å²) in [6.07, 6.45) is 3.66. The molecule has 0 spiro atoms. The fraction of sp³-hybridized carbons (Fsp3) is 0.389. The maximum absolute atomic E-state index is 9.34. The molecule has 3 aromatic rings. The number of hydrogen-bond acceptors (Lipinski definition) is 9. The summed E-state index contributed by atoms with van der Waals surface area (Å²) in [5.74, 6) is 1.90. The SMILES string of the molecule is Cc1nc(CO)cc(Nc2nccc3nc(N4CCCC(C#N)C4)sc23)n1. The van der Waals surface area contributed by atoms with Gasteiger partial charge >= 0.3 is 0 Å². The zero-order valence-electron chi connectivity index (χ0n) is 14.9. The van der Waals surface area contributed by atoms with Crippen molar-refractivity contribution in [1.29, 1.82) is 5.26 Å². The highest BCUT2D eigenvalue weighted by Crippen LogP contribution is 2.35. The molecule has 1 saturated heterocycles. The number of nitrogens with one attached hydrogen (secondary N) is 1. The van der Waals surface area contributed by atoms with Gasteiger partial charge in [0.05, 0.1) is 34.5 Å². The van der Waals surface area contributed by atoms with Gasteiger partial charge in [-0.15, -0.1) is 0 Å². The maximum Gasteiger partial charge on any atom is 0.186 e. The first-order valence-corrected chi connectivity index (χ1v) is 9.60. The highest BCUT2D eigenvalue weighted by Gasteiger charge is 2.23. The third-order valence-electron chi connectivity index (χ3n) is 4.47. The smallest absolute Gasteiger partial charge is 0.186 e. The van der Waals surface area contributed by atoms with E-state index in [1.165, 1.54) is 0 Å². The number of anilines is 3. The van der Waals surface area contributed by atoms with Crippen LogP contribution >= 0.6 is 11.3 Å². The molecule has 1 fully saturated rings. The highest BCUT2D eigenvalue weighted by atomic mass is 32.1. The number of piperidine rings is 1. The molecule has 0 aromatic carbocycles. The Morgan fingerprint density at radius 1 is 1.41 bits per heavy atom. The first-order chi connectivity index (χ1) is 13.2. The molecule has 1 aliphatic heterocycles. The number of thiazole rings is 1. The minimum absolute atomic E-state index is 0.0578. The Bertz CT molecular complexity index is 1010. The van der Waals surface area contributed by atoms with Crippen LogP contribution in [0.5, 0.6) is 0 Å². The molecule has 3 aromatic heterocycles. The van der Waals surface area contributed by atoms with Crippen molar-refractivity contribution in [1.82, 2.24) is 19.9 Å². The first-order valence-electron chi connectivity index (χ1n) is 8.79. The molecule has 4 heterocycles. The fourth-order valence-electron chi connectivity index (χ4n) is 3.22. The Labute approximate surface area is 160 Å². The second-order valence-electron chi connectivity index (χ2n) is 6.49.